The molecule has 0 aliphatic heterocycles. The number of carbonyl (C=O) groups is 1. The summed E-state index contributed by atoms with van der Waals surface area (Å²) in [5.74, 6) is 2.93. The lowest BCUT2D eigenvalue weighted by Gasteiger charge is -2.11. The molecule has 130 valence electrons. The first-order valence-electron chi connectivity index (χ1n) is 7.38. The number of aliphatic carboxylic acids is 1. The second-order valence-electron chi connectivity index (χ2n) is 4.75. The summed E-state index contributed by atoms with van der Waals surface area (Å²) < 4.78 is 10.9. The number of benzene rings is 1. The Kier molecular flexibility index (Phi) is 6.48. The summed E-state index contributed by atoms with van der Waals surface area (Å²) in [5, 5.41) is 16.4. The van der Waals surface area contributed by atoms with Crippen molar-refractivity contribution in [3.8, 4) is 23.8 Å². The van der Waals surface area contributed by atoms with E-state index >= 15 is 0 Å². The first-order valence-corrected chi connectivity index (χ1v) is 8.20. The molecule has 0 radical (unpaired) electrons. The highest BCUT2D eigenvalue weighted by molar-refractivity contribution is 8.04. The van der Waals surface area contributed by atoms with Gasteiger partial charge in [0, 0.05) is 0 Å². The van der Waals surface area contributed by atoms with Crippen LogP contribution in [0.3, 0.4) is 0 Å². The third-order valence-corrected chi connectivity index (χ3v) is 3.74. The highest BCUT2D eigenvalue weighted by atomic mass is 32.2. The molecule has 0 aliphatic rings. The molecule has 7 nitrogen and oxygen atoms in total. The van der Waals surface area contributed by atoms with Crippen molar-refractivity contribution in [2.45, 2.75) is 19.0 Å². The largest absolute Gasteiger partial charge is 0.490 e. The zero-order valence-corrected chi connectivity index (χ0v) is 14.6. The average molecular weight is 359 g/mol. The van der Waals surface area contributed by atoms with E-state index in [1.165, 1.54) is 6.08 Å². The average Bonchev–Trinajstić information content (AvgIpc) is 2.99. The number of aromatic amines is 1. The molecule has 0 fully saturated rings. The molecule has 0 saturated heterocycles. The number of carboxylic acids is 1. The Morgan fingerprint density at radius 1 is 1.44 bits per heavy atom. The van der Waals surface area contributed by atoms with E-state index < -0.39 is 5.97 Å². The lowest BCUT2D eigenvalue weighted by molar-refractivity contribution is -0.131. The van der Waals surface area contributed by atoms with E-state index in [0.717, 1.165) is 11.8 Å². The second-order valence-corrected chi connectivity index (χ2v) is 5.76. The number of hydrogen-bond donors (Lipinski definition) is 2. The minimum absolute atomic E-state index is 0.0822. The van der Waals surface area contributed by atoms with Crippen LogP contribution in [-0.4, -0.2) is 39.5 Å². The number of aryl methyl sites for hydroxylation is 1. The maximum absolute atomic E-state index is 11.5. The van der Waals surface area contributed by atoms with Gasteiger partial charge in [-0.15, -0.1) is 11.5 Å². The number of hydrogen-bond acceptors (Lipinski definition) is 6. The van der Waals surface area contributed by atoms with Crippen molar-refractivity contribution < 1.29 is 19.4 Å². The van der Waals surface area contributed by atoms with Gasteiger partial charge in [0.2, 0.25) is 5.16 Å². The first-order chi connectivity index (χ1) is 12.0. The molecule has 8 heteroatoms. The third-order valence-electron chi connectivity index (χ3n) is 2.87. The third kappa shape index (κ3) is 5.29. The minimum atomic E-state index is -1.07. The van der Waals surface area contributed by atoms with Crippen LogP contribution in [0.2, 0.25) is 0 Å². The Morgan fingerprint density at radius 2 is 2.24 bits per heavy atom. The number of terminal acetylenes is 1. The van der Waals surface area contributed by atoms with Crippen molar-refractivity contribution >= 4 is 23.8 Å². The zero-order valence-electron chi connectivity index (χ0n) is 13.8. The highest BCUT2D eigenvalue weighted by Gasteiger charge is 2.14. The van der Waals surface area contributed by atoms with Gasteiger partial charge in [-0.3, -0.25) is 5.10 Å². The van der Waals surface area contributed by atoms with Gasteiger partial charge in [-0.25, -0.2) is 9.78 Å². The number of nitrogens with zero attached hydrogens (tertiary/aromatic N) is 2. The number of ether oxygens (including phenoxy) is 2. The fourth-order valence-electron chi connectivity index (χ4n) is 1.87. The topological polar surface area (TPSA) is 97.3 Å². The number of rotatable bonds is 8. The maximum atomic E-state index is 11.5. The molecule has 2 aromatic rings. The predicted octanol–water partition coefficient (Wildman–Crippen LogP) is 2.74. The van der Waals surface area contributed by atoms with E-state index in [0.29, 0.717) is 34.7 Å². The molecule has 0 atom stereocenters. The van der Waals surface area contributed by atoms with Crippen molar-refractivity contribution in [1.82, 2.24) is 15.2 Å². The fourth-order valence-corrected chi connectivity index (χ4v) is 2.63. The molecule has 0 unspecified atom stereocenters. The molecule has 1 heterocycles. The standard InChI is InChI=1S/C17H17N3O4S/c1-4-8-24-13-7-6-12(9-14(13)23-5-2)10-15(16(21)22)25-17-18-11(3)19-20-17/h1,6-7,9-10H,5,8H2,2-3H3,(H,21,22)(H,18,19,20)/b15-10-. The van der Waals surface area contributed by atoms with Crippen LogP contribution in [0.25, 0.3) is 6.08 Å². The van der Waals surface area contributed by atoms with Crippen LogP contribution in [0, 0.1) is 19.3 Å². The van der Waals surface area contributed by atoms with Gasteiger partial charge >= 0.3 is 5.97 Å². The van der Waals surface area contributed by atoms with Crippen LogP contribution < -0.4 is 9.47 Å². The Bertz CT molecular complexity index is 824. The van der Waals surface area contributed by atoms with Crippen molar-refractivity contribution in [3.63, 3.8) is 0 Å². The molecular weight excluding hydrogens is 342 g/mol. The molecule has 2 rings (SSSR count). The Labute approximate surface area is 149 Å². The van der Waals surface area contributed by atoms with E-state index in [2.05, 4.69) is 21.1 Å². The Morgan fingerprint density at radius 3 is 2.84 bits per heavy atom. The number of aromatic nitrogens is 3. The molecule has 0 amide bonds. The molecule has 1 aromatic heterocycles. The summed E-state index contributed by atoms with van der Waals surface area (Å²) in [6, 6.07) is 5.11. The van der Waals surface area contributed by atoms with Crippen LogP contribution in [-0.2, 0) is 4.79 Å². The van der Waals surface area contributed by atoms with Crippen LogP contribution >= 0.6 is 11.8 Å². The monoisotopic (exact) mass is 359 g/mol. The second kappa shape index (κ2) is 8.80. The lowest BCUT2D eigenvalue weighted by Crippen LogP contribution is -2.00. The number of H-pyrrole nitrogens is 1. The SMILES string of the molecule is C#CCOc1ccc(/C=C(\Sc2n[nH]c(C)n2)C(=O)O)cc1OCC. The van der Waals surface area contributed by atoms with Crippen LogP contribution in [0.15, 0.2) is 28.3 Å². The van der Waals surface area contributed by atoms with E-state index in [9.17, 15) is 9.90 Å². The Balaban J connectivity index is 2.30. The van der Waals surface area contributed by atoms with E-state index in [-0.39, 0.29) is 11.5 Å². The van der Waals surface area contributed by atoms with Crippen molar-refractivity contribution in [3.05, 3.63) is 34.5 Å². The van der Waals surface area contributed by atoms with E-state index in [1.54, 1.807) is 25.1 Å². The minimum Gasteiger partial charge on any atom is -0.490 e. The molecule has 0 aliphatic carbocycles. The number of nitrogens with one attached hydrogen (secondary N) is 1. The van der Waals surface area contributed by atoms with Gasteiger partial charge in [-0.05, 0) is 49.4 Å². The fraction of sp³-hybridized carbons (Fsp3) is 0.235. The van der Waals surface area contributed by atoms with Gasteiger partial charge in [0.15, 0.2) is 11.5 Å². The van der Waals surface area contributed by atoms with Crippen molar-refractivity contribution in [1.29, 1.82) is 0 Å². The molecule has 1 aromatic carbocycles. The summed E-state index contributed by atoms with van der Waals surface area (Å²) in [6.45, 7) is 4.15. The molecule has 0 bridgehead atoms. The van der Waals surface area contributed by atoms with Crippen molar-refractivity contribution in [2.24, 2.45) is 0 Å². The molecule has 0 saturated carbocycles. The Hall–Kier alpha value is -2.92. The normalized spacial score (nSPS) is 11.0. The van der Waals surface area contributed by atoms with Gasteiger partial charge < -0.3 is 14.6 Å². The van der Waals surface area contributed by atoms with Crippen LogP contribution in [0.4, 0.5) is 0 Å². The lowest BCUT2D eigenvalue weighted by atomic mass is 10.2. The quantitative estimate of drug-likeness (QED) is 0.425. The van der Waals surface area contributed by atoms with Gasteiger partial charge in [-0.1, -0.05) is 12.0 Å². The molecule has 25 heavy (non-hydrogen) atoms. The summed E-state index contributed by atoms with van der Waals surface area (Å²) >= 11 is 0.959. The zero-order chi connectivity index (χ0) is 18.2. The summed E-state index contributed by atoms with van der Waals surface area (Å²) in [6.07, 6.45) is 6.72. The predicted molar refractivity (Wildman–Crippen MR) is 94.5 cm³/mol. The van der Waals surface area contributed by atoms with Gasteiger partial charge in [-0.2, -0.15) is 0 Å². The highest BCUT2D eigenvalue weighted by Crippen LogP contribution is 2.31. The van der Waals surface area contributed by atoms with Gasteiger partial charge in [0.25, 0.3) is 0 Å². The number of thioether (sulfide) groups is 1. The summed E-state index contributed by atoms with van der Waals surface area (Å²) in [7, 11) is 0. The maximum Gasteiger partial charge on any atom is 0.342 e. The summed E-state index contributed by atoms with van der Waals surface area (Å²) in [4.78, 5) is 15.7. The van der Waals surface area contributed by atoms with Gasteiger partial charge in [0.05, 0.1) is 6.61 Å². The van der Waals surface area contributed by atoms with Crippen LogP contribution in [0.5, 0.6) is 11.5 Å². The van der Waals surface area contributed by atoms with Crippen LogP contribution in [0.1, 0.15) is 18.3 Å². The molecular formula is C17H17N3O4S. The van der Waals surface area contributed by atoms with E-state index in [1.807, 2.05) is 6.92 Å². The van der Waals surface area contributed by atoms with Gasteiger partial charge in [0.1, 0.15) is 17.3 Å². The molecule has 0 spiro atoms. The summed E-state index contributed by atoms with van der Waals surface area (Å²) in [5.41, 5.74) is 0.647. The first kappa shape index (κ1) is 18.4. The smallest absolute Gasteiger partial charge is 0.342 e. The molecule has 2 N–H and O–H groups in total. The van der Waals surface area contributed by atoms with E-state index in [4.69, 9.17) is 15.9 Å². The number of carboxylic acid groups (broad SMARTS) is 1. The van der Waals surface area contributed by atoms with Crippen molar-refractivity contribution in [2.75, 3.05) is 13.2 Å².